The highest BCUT2D eigenvalue weighted by Gasteiger charge is 2.25. The molecule has 24 heavy (non-hydrogen) atoms. The van der Waals surface area contributed by atoms with E-state index in [0.29, 0.717) is 5.56 Å². The average molecular weight is 321 g/mol. The zero-order chi connectivity index (χ0) is 17.3. The maximum atomic E-state index is 11.6. The molecule has 0 saturated heterocycles. The first-order chi connectivity index (χ1) is 11.5. The molecule has 1 atom stereocenters. The number of aromatic nitrogens is 2. The van der Waals surface area contributed by atoms with Gasteiger partial charge < -0.3 is 15.8 Å². The molecular formula is C19H19N3O2. The summed E-state index contributed by atoms with van der Waals surface area (Å²) < 4.78 is 0. The number of aromatic hydroxyl groups is 1. The largest absolute Gasteiger partial charge is 0.507 e. The Morgan fingerprint density at radius 1 is 1.17 bits per heavy atom. The molecule has 0 aliphatic heterocycles. The third-order valence-electron chi connectivity index (χ3n) is 4.43. The van der Waals surface area contributed by atoms with E-state index in [2.05, 4.69) is 9.97 Å². The zero-order valence-corrected chi connectivity index (χ0v) is 13.6. The summed E-state index contributed by atoms with van der Waals surface area (Å²) in [6, 6.07) is 11.1. The van der Waals surface area contributed by atoms with E-state index in [9.17, 15) is 9.90 Å². The molecule has 2 aromatic carbocycles. The van der Waals surface area contributed by atoms with Crippen molar-refractivity contribution in [1.29, 1.82) is 0 Å². The summed E-state index contributed by atoms with van der Waals surface area (Å²) in [4.78, 5) is 18.8. The molecule has 1 heterocycles. The number of phenols is 1. The molecule has 0 radical (unpaired) electrons. The first-order valence-corrected chi connectivity index (χ1v) is 7.66. The van der Waals surface area contributed by atoms with Gasteiger partial charge in [-0.3, -0.25) is 4.79 Å². The highest BCUT2D eigenvalue weighted by molar-refractivity contribution is 5.96. The first kappa shape index (κ1) is 15.8. The third kappa shape index (κ3) is 2.65. The van der Waals surface area contributed by atoms with E-state index in [1.165, 1.54) is 6.07 Å². The van der Waals surface area contributed by atoms with Gasteiger partial charge in [0.2, 0.25) is 0 Å². The van der Waals surface area contributed by atoms with Crippen molar-refractivity contribution in [2.75, 3.05) is 0 Å². The summed E-state index contributed by atoms with van der Waals surface area (Å²) in [5.74, 6) is -1.02. The minimum Gasteiger partial charge on any atom is -0.507 e. The number of H-pyrrole nitrogens is 1. The average Bonchev–Trinajstić information content (AvgIpc) is 3.07. The van der Waals surface area contributed by atoms with Crippen LogP contribution < -0.4 is 5.73 Å². The van der Waals surface area contributed by atoms with Crippen LogP contribution in [0.5, 0.6) is 5.75 Å². The quantitative estimate of drug-likeness (QED) is 0.689. The summed E-state index contributed by atoms with van der Waals surface area (Å²) in [6.07, 6.45) is 3.32. The van der Waals surface area contributed by atoms with Crippen LogP contribution in [0.3, 0.4) is 0 Å². The van der Waals surface area contributed by atoms with E-state index in [0.717, 1.165) is 22.4 Å². The van der Waals surface area contributed by atoms with Crippen molar-refractivity contribution in [2.45, 2.75) is 19.8 Å². The first-order valence-electron chi connectivity index (χ1n) is 7.66. The number of aryl methyl sites for hydroxylation is 1. The molecule has 3 aromatic rings. The van der Waals surface area contributed by atoms with Crippen molar-refractivity contribution in [3.05, 3.63) is 82.4 Å². The summed E-state index contributed by atoms with van der Waals surface area (Å²) in [5, 5.41) is 10.6. The summed E-state index contributed by atoms with van der Waals surface area (Å²) in [5.41, 5.74) is 10.3. The van der Waals surface area contributed by atoms with Crippen LogP contribution in [-0.2, 0) is 0 Å². The van der Waals surface area contributed by atoms with E-state index in [4.69, 9.17) is 5.73 Å². The second kappa shape index (κ2) is 6.20. The number of imidazole rings is 1. The molecule has 0 saturated carbocycles. The van der Waals surface area contributed by atoms with Crippen LogP contribution in [0.25, 0.3) is 0 Å². The van der Waals surface area contributed by atoms with Crippen molar-refractivity contribution in [1.82, 2.24) is 9.97 Å². The molecule has 1 aromatic heterocycles. The van der Waals surface area contributed by atoms with Crippen molar-refractivity contribution in [2.24, 2.45) is 5.73 Å². The Kier molecular flexibility index (Phi) is 4.08. The standard InChI is InChI=1S/C19H19N3O2/c1-11-5-3-6-13(12(11)2)17(16-9-21-10-22-16)14-7-4-8-15(18(14)23)19(20)24/h3-10,17,23H,1-2H3,(H2,20,24)(H,21,22). The summed E-state index contributed by atoms with van der Waals surface area (Å²) in [7, 11) is 0. The van der Waals surface area contributed by atoms with Crippen molar-refractivity contribution in [3.63, 3.8) is 0 Å². The number of hydrogen-bond donors (Lipinski definition) is 3. The number of hydrogen-bond acceptors (Lipinski definition) is 3. The molecular weight excluding hydrogens is 302 g/mol. The van der Waals surface area contributed by atoms with Crippen LogP contribution in [0.4, 0.5) is 0 Å². The molecule has 1 unspecified atom stereocenters. The Bertz CT molecular complexity index is 886. The van der Waals surface area contributed by atoms with Gasteiger partial charge in [0, 0.05) is 17.5 Å². The number of nitrogens with two attached hydrogens (primary N) is 1. The topological polar surface area (TPSA) is 92.0 Å². The van der Waals surface area contributed by atoms with Gasteiger partial charge in [-0.1, -0.05) is 30.3 Å². The van der Waals surface area contributed by atoms with Crippen molar-refractivity contribution < 1.29 is 9.90 Å². The van der Waals surface area contributed by atoms with Crippen molar-refractivity contribution >= 4 is 5.91 Å². The number of carbonyl (C=O) groups excluding carboxylic acids is 1. The predicted octanol–water partition coefficient (Wildman–Crippen LogP) is 3.01. The Morgan fingerprint density at radius 3 is 2.54 bits per heavy atom. The second-order valence-electron chi connectivity index (χ2n) is 5.84. The van der Waals surface area contributed by atoms with Gasteiger partial charge in [0.15, 0.2) is 0 Å². The number of rotatable bonds is 4. The molecule has 4 N–H and O–H groups in total. The molecule has 3 rings (SSSR count). The normalized spacial score (nSPS) is 12.1. The van der Waals surface area contributed by atoms with Crippen LogP contribution in [0, 0.1) is 13.8 Å². The highest BCUT2D eigenvalue weighted by atomic mass is 16.3. The number of para-hydroxylation sites is 1. The zero-order valence-electron chi connectivity index (χ0n) is 13.6. The van der Waals surface area contributed by atoms with Gasteiger partial charge in [0.25, 0.3) is 5.91 Å². The van der Waals surface area contributed by atoms with Gasteiger partial charge in [0.1, 0.15) is 5.75 Å². The molecule has 0 aliphatic rings. The lowest BCUT2D eigenvalue weighted by Gasteiger charge is -2.21. The maximum absolute atomic E-state index is 11.6. The smallest absolute Gasteiger partial charge is 0.252 e. The van der Waals surface area contributed by atoms with Gasteiger partial charge in [-0.25, -0.2) is 4.98 Å². The minimum absolute atomic E-state index is 0.0921. The Morgan fingerprint density at radius 2 is 1.88 bits per heavy atom. The number of benzene rings is 2. The SMILES string of the molecule is Cc1cccc(C(c2cnc[nH]2)c2cccc(C(N)=O)c2O)c1C. The van der Waals surface area contributed by atoms with Crippen LogP contribution in [0.15, 0.2) is 48.9 Å². The molecule has 0 fully saturated rings. The van der Waals surface area contributed by atoms with E-state index < -0.39 is 5.91 Å². The lowest BCUT2D eigenvalue weighted by atomic mass is 9.84. The molecule has 122 valence electrons. The molecule has 0 spiro atoms. The fourth-order valence-corrected chi connectivity index (χ4v) is 3.01. The van der Waals surface area contributed by atoms with E-state index in [-0.39, 0.29) is 17.2 Å². The van der Waals surface area contributed by atoms with Crippen LogP contribution in [0.1, 0.15) is 44.2 Å². The summed E-state index contributed by atoms with van der Waals surface area (Å²) >= 11 is 0. The molecule has 0 bridgehead atoms. The van der Waals surface area contributed by atoms with Gasteiger partial charge >= 0.3 is 0 Å². The number of nitrogens with zero attached hydrogens (tertiary/aromatic N) is 1. The van der Waals surface area contributed by atoms with Crippen molar-refractivity contribution in [3.8, 4) is 5.75 Å². The van der Waals surface area contributed by atoms with Gasteiger partial charge in [-0.2, -0.15) is 0 Å². The Balaban J connectivity index is 2.27. The maximum Gasteiger partial charge on any atom is 0.252 e. The predicted molar refractivity (Wildman–Crippen MR) is 92.1 cm³/mol. The number of nitrogens with one attached hydrogen (secondary N) is 1. The van der Waals surface area contributed by atoms with Crippen LogP contribution in [0.2, 0.25) is 0 Å². The minimum atomic E-state index is -0.654. The van der Waals surface area contributed by atoms with E-state index >= 15 is 0 Å². The van der Waals surface area contributed by atoms with Gasteiger partial charge in [0.05, 0.1) is 17.8 Å². The number of carbonyl (C=O) groups is 1. The van der Waals surface area contributed by atoms with Gasteiger partial charge in [-0.05, 0) is 36.6 Å². The summed E-state index contributed by atoms with van der Waals surface area (Å²) in [6.45, 7) is 4.09. The Hall–Kier alpha value is -3.08. The lowest BCUT2D eigenvalue weighted by Crippen LogP contribution is -2.13. The van der Waals surface area contributed by atoms with Crippen LogP contribution >= 0.6 is 0 Å². The highest BCUT2D eigenvalue weighted by Crippen LogP contribution is 2.39. The number of amides is 1. The molecule has 5 nitrogen and oxygen atoms in total. The molecule has 1 amide bonds. The third-order valence-corrected chi connectivity index (χ3v) is 4.43. The number of aromatic amines is 1. The van der Waals surface area contributed by atoms with Gasteiger partial charge in [-0.15, -0.1) is 0 Å². The molecule has 0 aliphatic carbocycles. The van der Waals surface area contributed by atoms with E-state index in [1.54, 1.807) is 24.7 Å². The fraction of sp³-hybridized carbons (Fsp3) is 0.158. The second-order valence-corrected chi connectivity index (χ2v) is 5.84. The molecule has 5 heteroatoms. The Labute approximate surface area is 140 Å². The lowest BCUT2D eigenvalue weighted by molar-refractivity contribution is 0.0997. The fourth-order valence-electron chi connectivity index (χ4n) is 3.01. The monoisotopic (exact) mass is 321 g/mol. The number of primary amides is 1. The van der Waals surface area contributed by atoms with E-state index in [1.807, 2.05) is 32.0 Å². The van der Waals surface area contributed by atoms with Crippen LogP contribution in [-0.4, -0.2) is 21.0 Å².